The number of carbonyl (C=O) groups excluding carboxylic acids is 2. The van der Waals surface area contributed by atoms with Crippen LogP contribution in [0, 0.1) is 5.92 Å². The smallest absolute Gasteiger partial charge is 0.230 e. The molecule has 0 aliphatic carbocycles. The van der Waals surface area contributed by atoms with E-state index in [0.717, 1.165) is 0 Å². The highest BCUT2D eigenvalue weighted by Crippen LogP contribution is 2.04. The van der Waals surface area contributed by atoms with Gasteiger partial charge in [0.1, 0.15) is 5.78 Å². The van der Waals surface area contributed by atoms with Gasteiger partial charge in [-0.05, 0) is 20.8 Å². The van der Waals surface area contributed by atoms with E-state index in [-0.39, 0.29) is 19.0 Å². The van der Waals surface area contributed by atoms with E-state index in [9.17, 15) is 9.59 Å². The number of ketones is 1. The van der Waals surface area contributed by atoms with Crippen molar-refractivity contribution in [3.63, 3.8) is 0 Å². The first-order valence-electron chi connectivity index (χ1n) is 4.40. The Kier molecular flexibility index (Phi) is 4.73. The minimum absolute atomic E-state index is 0.249. The molecule has 1 unspecified atom stereocenters. The lowest BCUT2D eigenvalue weighted by Crippen LogP contribution is -2.53. The van der Waals surface area contributed by atoms with Crippen molar-refractivity contribution < 1.29 is 19.8 Å². The van der Waals surface area contributed by atoms with Crippen LogP contribution >= 0.6 is 0 Å². The average Bonchev–Trinajstić information content (AvgIpc) is 2.16. The van der Waals surface area contributed by atoms with Gasteiger partial charge in [-0.25, -0.2) is 0 Å². The van der Waals surface area contributed by atoms with Gasteiger partial charge < -0.3 is 15.5 Å². The van der Waals surface area contributed by atoms with Crippen LogP contribution in [0.3, 0.4) is 0 Å². The van der Waals surface area contributed by atoms with Crippen LogP contribution in [0.25, 0.3) is 0 Å². The molecule has 5 heteroatoms. The molecule has 5 nitrogen and oxygen atoms in total. The maximum absolute atomic E-state index is 11.4. The molecule has 3 N–H and O–H groups in total. The highest BCUT2D eigenvalue weighted by molar-refractivity contribution is 6.00. The Morgan fingerprint density at radius 1 is 1.36 bits per heavy atom. The Hall–Kier alpha value is -0.940. The number of Topliss-reactive ketones (excluding diaryl/α,β-unsaturated/α-hetero) is 1. The molecule has 1 atom stereocenters. The first kappa shape index (κ1) is 13.1. The summed E-state index contributed by atoms with van der Waals surface area (Å²) in [4.78, 5) is 22.2. The number of hydrogen-bond donors (Lipinski definition) is 3. The molecular weight excluding hydrogens is 186 g/mol. The molecule has 0 aromatic carbocycles. The molecule has 1 amide bonds. The van der Waals surface area contributed by atoms with E-state index in [1.54, 1.807) is 0 Å². The largest absolute Gasteiger partial charge is 0.394 e. The van der Waals surface area contributed by atoms with Crippen LogP contribution in [-0.2, 0) is 9.59 Å². The molecule has 0 bridgehead atoms. The quantitative estimate of drug-likeness (QED) is 0.504. The van der Waals surface area contributed by atoms with Crippen molar-refractivity contribution >= 4 is 11.7 Å². The van der Waals surface area contributed by atoms with Gasteiger partial charge in [-0.2, -0.15) is 0 Å². The highest BCUT2D eigenvalue weighted by Gasteiger charge is 2.28. The van der Waals surface area contributed by atoms with E-state index in [1.165, 1.54) is 20.8 Å². The van der Waals surface area contributed by atoms with E-state index in [1.807, 2.05) is 0 Å². The topological polar surface area (TPSA) is 86.6 Å². The second kappa shape index (κ2) is 5.07. The highest BCUT2D eigenvalue weighted by atomic mass is 16.3. The minimum Gasteiger partial charge on any atom is -0.394 e. The summed E-state index contributed by atoms with van der Waals surface area (Å²) in [7, 11) is 0. The van der Waals surface area contributed by atoms with Crippen molar-refractivity contribution in [2.45, 2.75) is 26.3 Å². The Balaban J connectivity index is 4.37. The van der Waals surface area contributed by atoms with Crippen molar-refractivity contribution in [3.05, 3.63) is 0 Å². The van der Waals surface area contributed by atoms with Crippen LogP contribution in [-0.4, -0.2) is 40.7 Å². The van der Waals surface area contributed by atoms with Crippen LogP contribution in [0.1, 0.15) is 20.8 Å². The van der Waals surface area contributed by atoms with Crippen LogP contribution in [0.4, 0.5) is 0 Å². The summed E-state index contributed by atoms with van der Waals surface area (Å²) in [6, 6.07) is 0. The summed E-state index contributed by atoms with van der Waals surface area (Å²) >= 11 is 0. The summed E-state index contributed by atoms with van der Waals surface area (Å²) < 4.78 is 0. The van der Waals surface area contributed by atoms with Gasteiger partial charge in [0.2, 0.25) is 5.91 Å². The fourth-order valence-electron chi connectivity index (χ4n) is 0.719. The van der Waals surface area contributed by atoms with Crippen molar-refractivity contribution in [3.8, 4) is 0 Å². The Morgan fingerprint density at radius 3 is 2.07 bits per heavy atom. The number of aliphatic hydroxyl groups is 2. The monoisotopic (exact) mass is 203 g/mol. The fraction of sp³-hybridized carbons (Fsp3) is 0.778. The summed E-state index contributed by atoms with van der Waals surface area (Å²) in [6.07, 6.45) is 0. The van der Waals surface area contributed by atoms with Crippen molar-refractivity contribution in [1.29, 1.82) is 0 Å². The Labute approximate surface area is 83.1 Å². The maximum atomic E-state index is 11.4. The fourth-order valence-corrected chi connectivity index (χ4v) is 0.719. The minimum atomic E-state index is -1.07. The summed E-state index contributed by atoms with van der Waals surface area (Å²) in [5, 5.41) is 20.2. The van der Waals surface area contributed by atoms with Gasteiger partial charge in [-0.1, -0.05) is 0 Å². The SMILES string of the molecule is CC(=O)C(C)C(=O)NC(C)(CO)CO. The molecule has 14 heavy (non-hydrogen) atoms. The Morgan fingerprint density at radius 2 is 1.79 bits per heavy atom. The molecule has 0 fully saturated rings. The average molecular weight is 203 g/mol. The normalized spacial score (nSPS) is 13.5. The van der Waals surface area contributed by atoms with Crippen molar-refractivity contribution in [1.82, 2.24) is 5.32 Å². The summed E-state index contributed by atoms with van der Waals surface area (Å²) in [6.45, 7) is 3.55. The third kappa shape index (κ3) is 3.43. The molecular formula is C9H17NO4. The predicted octanol–water partition coefficient (Wildman–Crippen LogP) is -0.929. The number of hydrogen-bond acceptors (Lipinski definition) is 4. The van der Waals surface area contributed by atoms with Crippen LogP contribution in [0.2, 0.25) is 0 Å². The zero-order valence-electron chi connectivity index (χ0n) is 8.70. The van der Waals surface area contributed by atoms with Gasteiger partial charge in [-0.3, -0.25) is 9.59 Å². The van der Waals surface area contributed by atoms with Crippen molar-refractivity contribution in [2.24, 2.45) is 5.92 Å². The van der Waals surface area contributed by atoms with E-state index < -0.39 is 17.4 Å². The number of aliphatic hydroxyl groups excluding tert-OH is 2. The zero-order valence-corrected chi connectivity index (χ0v) is 8.70. The molecule has 0 saturated heterocycles. The van der Waals surface area contributed by atoms with E-state index in [0.29, 0.717) is 0 Å². The molecule has 0 aliphatic heterocycles. The third-order valence-electron chi connectivity index (χ3n) is 2.13. The second-order valence-corrected chi connectivity index (χ2v) is 3.70. The summed E-state index contributed by atoms with van der Waals surface area (Å²) in [5.41, 5.74) is -1.07. The van der Waals surface area contributed by atoms with E-state index in [2.05, 4.69) is 5.32 Å². The first-order valence-corrected chi connectivity index (χ1v) is 4.40. The van der Waals surface area contributed by atoms with Crippen LogP contribution < -0.4 is 5.32 Å². The number of amides is 1. The van der Waals surface area contributed by atoms with Gasteiger partial charge in [0.05, 0.1) is 24.7 Å². The standard InChI is InChI=1S/C9H17NO4/c1-6(7(2)13)8(14)10-9(3,4-11)5-12/h6,11-12H,4-5H2,1-3H3,(H,10,14). The molecule has 0 rings (SSSR count). The number of carbonyl (C=O) groups is 2. The van der Waals surface area contributed by atoms with Crippen LogP contribution in [0.5, 0.6) is 0 Å². The zero-order chi connectivity index (χ0) is 11.4. The molecule has 0 spiro atoms. The molecule has 0 saturated carbocycles. The molecule has 0 aromatic heterocycles. The van der Waals surface area contributed by atoms with Gasteiger partial charge in [0, 0.05) is 0 Å². The molecule has 0 aliphatic rings. The van der Waals surface area contributed by atoms with Crippen LogP contribution in [0.15, 0.2) is 0 Å². The van der Waals surface area contributed by atoms with Gasteiger partial charge in [0.15, 0.2) is 0 Å². The third-order valence-corrected chi connectivity index (χ3v) is 2.13. The number of nitrogens with one attached hydrogen (secondary N) is 1. The van der Waals surface area contributed by atoms with Crippen molar-refractivity contribution in [2.75, 3.05) is 13.2 Å². The molecule has 0 aromatic rings. The molecule has 82 valence electrons. The lowest BCUT2D eigenvalue weighted by molar-refractivity contribution is -0.134. The predicted molar refractivity (Wildman–Crippen MR) is 50.6 cm³/mol. The second-order valence-electron chi connectivity index (χ2n) is 3.70. The summed E-state index contributed by atoms with van der Waals surface area (Å²) in [5.74, 6) is -1.49. The maximum Gasteiger partial charge on any atom is 0.230 e. The lowest BCUT2D eigenvalue weighted by atomic mass is 10.0. The van der Waals surface area contributed by atoms with Gasteiger partial charge >= 0.3 is 0 Å². The molecule has 0 heterocycles. The van der Waals surface area contributed by atoms with E-state index >= 15 is 0 Å². The van der Waals surface area contributed by atoms with E-state index in [4.69, 9.17) is 10.2 Å². The molecule has 0 radical (unpaired) electrons. The first-order chi connectivity index (χ1) is 6.36. The lowest BCUT2D eigenvalue weighted by Gasteiger charge is -2.27. The Bertz CT molecular complexity index is 223. The van der Waals surface area contributed by atoms with Gasteiger partial charge in [-0.15, -0.1) is 0 Å². The number of rotatable bonds is 5. The van der Waals surface area contributed by atoms with Gasteiger partial charge in [0.25, 0.3) is 0 Å².